The maximum Gasteiger partial charge on any atom is 0.224 e. The Morgan fingerprint density at radius 1 is 1.25 bits per heavy atom. The van der Waals surface area contributed by atoms with Gasteiger partial charge in [-0.15, -0.1) is 0 Å². The molecule has 0 fully saturated rings. The molecule has 0 aliphatic heterocycles. The summed E-state index contributed by atoms with van der Waals surface area (Å²) in [6, 6.07) is 0. The number of ether oxygens (including phenoxy) is 2. The fourth-order valence-corrected chi connectivity index (χ4v) is 1.11. The van der Waals surface area contributed by atoms with Gasteiger partial charge in [0, 0.05) is 26.8 Å². The molecule has 0 bridgehead atoms. The van der Waals surface area contributed by atoms with Gasteiger partial charge in [-0.2, -0.15) is 0 Å². The van der Waals surface area contributed by atoms with E-state index in [0.29, 0.717) is 19.6 Å². The number of hydrogen-bond donors (Lipinski definition) is 0. The molecule has 0 saturated heterocycles. The summed E-state index contributed by atoms with van der Waals surface area (Å²) in [5.41, 5.74) is 0. The number of rotatable bonds is 9. The van der Waals surface area contributed by atoms with Crippen LogP contribution >= 0.6 is 0 Å². The van der Waals surface area contributed by atoms with Crippen molar-refractivity contribution < 1.29 is 14.3 Å². The van der Waals surface area contributed by atoms with Gasteiger partial charge in [0.05, 0.1) is 19.1 Å². The third kappa shape index (κ3) is 8.68. The summed E-state index contributed by atoms with van der Waals surface area (Å²) in [4.78, 5) is 13.1. The van der Waals surface area contributed by atoms with Crippen LogP contribution in [0.15, 0.2) is 0 Å². The van der Waals surface area contributed by atoms with Crippen LogP contribution in [-0.2, 0) is 14.3 Å². The zero-order valence-corrected chi connectivity index (χ0v) is 11.0. The lowest BCUT2D eigenvalue weighted by atomic mass is 10.4. The number of amides is 1. The summed E-state index contributed by atoms with van der Waals surface area (Å²) in [6.07, 6.45) is 1.63. The predicted octanol–water partition coefficient (Wildman–Crippen LogP) is 1.69. The summed E-state index contributed by atoms with van der Waals surface area (Å²) in [5.74, 6) is 0.140. The highest BCUT2D eigenvalue weighted by molar-refractivity contribution is 5.75. The minimum atomic E-state index is 0.140. The normalized spacial score (nSPS) is 10.8. The Morgan fingerprint density at radius 3 is 2.50 bits per heavy atom. The summed E-state index contributed by atoms with van der Waals surface area (Å²) in [5, 5.41) is 0. The van der Waals surface area contributed by atoms with Gasteiger partial charge >= 0.3 is 0 Å². The van der Waals surface area contributed by atoms with Crippen molar-refractivity contribution in [3.63, 3.8) is 0 Å². The molecule has 0 aromatic carbocycles. The number of carbonyl (C=O) groups excluding carboxylic acids is 1. The molecule has 16 heavy (non-hydrogen) atoms. The van der Waals surface area contributed by atoms with Crippen LogP contribution in [0.4, 0.5) is 0 Å². The SMILES string of the molecule is CCN(C)C(=O)CCOCCCOC(C)C. The van der Waals surface area contributed by atoms with Gasteiger partial charge in [-0.3, -0.25) is 4.79 Å². The third-order valence-electron chi connectivity index (χ3n) is 2.24. The van der Waals surface area contributed by atoms with E-state index in [2.05, 4.69) is 0 Å². The Balaban J connectivity index is 3.24. The van der Waals surface area contributed by atoms with Crippen LogP contribution in [-0.4, -0.2) is 50.3 Å². The molecule has 96 valence electrons. The van der Waals surface area contributed by atoms with Crippen LogP contribution in [0.2, 0.25) is 0 Å². The number of hydrogen-bond acceptors (Lipinski definition) is 3. The number of carbonyl (C=O) groups is 1. The molecule has 0 saturated carbocycles. The molecule has 0 aromatic rings. The second-order valence-corrected chi connectivity index (χ2v) is 4.04. The van der Waals surface area contributed by atoms with Crippen molar-refractivity contribution in [2.24, 2.45) is 0 Å². The van der Waals surface area contributed by atoms with E-state index in [0.717, 1.165) is 19.6 Å². The molecule has 4 nitrogen and oxygen atoms in total. The van der Waals surface area contributed by atoms with Crippen molar-refractivity contribution in [3.8, 4) is 0 Å². The van der Waals surface area contributed by atoms with Crippen LogP contribution in [0, 0.1) is 0 Å². The lowest BCUT2D eigenvalue weighted by Crippen LogP contribution is -2.27. The minimum Gasteiger partial charge on any atom is -0.381 e. The molecular weight excluding hydrogens is 206 g/mol. The van der Waals surface area contributed by atoms with Gasteiger partial charge in [0.1, 0.15) is 0 Å². The molecule has 0 rings (SSSR count). The van der Waals surface area contributed by atoms with E-state index in [9.17, 15) is 4.79 Å². The highest BCUT2D eigenvalue weighted by Gasteiger charge is 2.05. The molecule has 0 atom stereocenters. The highest BCUT2D eigenvalue weighted by Crippen LogP contribution is 1.94. The lowest BCUT2D eigenvalue weighted by Gasteiger charge is -2.14. The van der Waals surface area contributed by atoms with Gasteiger partial charge in [0.2, 0.25) is 5.91 Å². The molecule has 4 heteroatoms. The Labute approximate surface area is 98.9 Å². The maximum atomic E-state index is 11.4. The van der Waals surface area contributed by atoms with E-state index in [1.165, 1.54) is 0 Å². The van der Waals surface area contributed by atoms with Gasteiger partial charge in [-0.25, -0.2) is 0 Å². The lowest BCUT2D eigenvalue weighted by molar-refractivity contribution is -0.130. The monoisotopic (exact) mass is 231 g/mol. The van der Waals surface area contributed by atoms with E-state index in [1.54, 1.807) is 11.9 Å². The first-order valence-corrected chi connectivity index (χ1v) is 6.01. The van der Waals surface area contributed by atoms with Gasteiger partial charge in [-0.05, 0) is 27.2 Å². The topological polar surface area (TPSA) is 38.8 Å². The van der Waals surface area contributed by atoms with Gasteiger partial charge in [-0.1, -0.05) is 0 Å². The van der Waals surface area contributed by atoms with Crippen LogP contribution < -0.4 is 0 Å². The van der Waals surface area contributed by atoms with Crippen molar-refractivity contribution in [2.45, 2.75) is 39.7 Å². The Morgan fingerprint density at radius 2 is 1.94 bits per heavy atom. The molecule has 0 aliphatic carbocycles. The Kier molecular flexibility index (Phi) is 9.24. The molecule has 0 aliphatic rings. The fourth-order valence-electron chi connectivity index (χ4n) is 1.11. The molecule has 0 N–H and O–H groups in total. The van der Waals surface area contributed by atoms with E-state index < -0.39 is 0 Å². The average molecular weight is 231 g/mol. The van der Waals surface area contributed by atoms with Gasteiger partial charge in [0.15, 0.2) is 0 Å². The summed E-state index contributed by atoms with van der Waals surface area (Å²) >= 11 is 0. The van der Waals surface area contributed by atoms with Crippen LogP contribution in [0.1, 0.15) is 33.6 Å². The zero-order valence-electron chi connectivity index (χ0n) is 11.0. The zero-order chi connectivity index (χ0) is 12.4. The molecule has 0 aromatic heterocycles. The molecule has 0 heterocycles. The van der Waals surface area contributed by atoms with Crippen molar-refractivity contribution in [2.75, 3.05) is 33.4 Å². The van der Waals surface area contributed by atoms with Crippen molar-refractivity contribution in [3.05, 3.63) is 0 Å². The van der Waals surface area contributed by atoms with Gasteiger partial charge in [0.25, 0.3) is 0 Å². The molecule has 0 unspecified atom stereocenters. The quantitative estimate of drug-likeness (QED) is 0.567. The standard InChI is InChI=1S/C12H25NO3/c1-5-13(4)12(14)7-10-15-8-6-9-16-11(2)3/h11H,5-10H2,1-4H3. The molecule has 1 amide bonds. The van der Waals surface area contributed by atoms with E-state index in [-0.39, 0.29) is 12.0 Å². The second kappa shape index (κ2) is 9.60. The first-order chi connectivity index (χ1) is 7.57. The first kappa shape index (κ1) is 15.4. The maximum absolute atomic E-state index is 11.4. The van der Waals surface area contributed by atoms with Crippen molar-refractivity contribution in [1.29, 1.82) is 0 Å². The summed E-state index contributed by atoms with van der Waals surface area (Å²) in [7, 11) is 1.80. The van der Waals surface area contributed by atoms with Crippen molar-refractivity contribution in [1.82, 2.24) is 4.90 Å². The van der Waals surface area contributed by atoms with E-state index >= 15 is 0 Å². The average Bonchev–Trinajstić information content (AvgIpc) is 2.25. The van der Waals surface area contributed by atoms with Crippen molar-refractivity contribution >= 4 is 5.91 Å². The van der Waals surface area contributed by atoms with Gasteiger partial charge < -0.3 is 14.4 Å². The Bertz CT molecular complexity index is 183. The summed E-state index contributed by atoms with van der Waals surface area (Å²) < 4.78 is 10.7. The minimum absolute atomic E-state index is 0.140. The summed E-state index contributed by atoms with van der Waals surface area (Å²) in [6.45, 7) is 8.63. The smallest absolute Gasteiger partial charge is 0.224 e. The molecular formula is C12H25NO3. The fraction of sp³-hybridized carbons (Fsp3) is 0.917. The Hall–Kier alpha value is -0.610. The largest absolute Gasteiger partial charge is 0.381 e. The number of nitrogens with zero attached hydrogens (tertiary/aromatic N) is 1. The highest BCUT2D eigenvalue weighted by atomic mass is 16.5. The predicted molar refractivity (Wildman–Crippen MR) is 64.5 cm³/mol. The van der Waals surface area contributed by atoms with Crippen LogP contribution in [0.5, 0.6) is 0 Å². The third-order valence-corrected chi connectivity index (χ3v) is 2.24. The van der Waals surface area contributed by atoms with E-state index in [1.807, 2.05) is 20.8 Å². The first-order valence-electron chi connectivity index (χ1n) is 6.01. The molecule has 0 spiro atoms. The molecule has 0 radical (unpaired) electrons. The van der Waals surface area contributed by atoms with E-state index in [4.69, 9.17) is 9.47 Å². The van der Waals surface area contributed by atoms with Crippen LogP contribution in [0.3, 0.4) is 0 Å². The second-order valence-electron chi connectivity index (χ2n) is 4.04. The van der Waals surface area contributed by atoms with Crippen LogP contribution in [0.25, 0.3) is 0 Å².